The first-order valence-electron chi connectivity index (χ1n) is 13.5. The molecule has 11 nitrogen and oxygen atoms in total. The van der Waals surface area contributed by atoms with E-state index in [0.717, 1.165) is 11.1 Å². The van der Waals surface area contributed by atoms with Gasteiger partial charge in [0.15, 0.2) is 28.6 Å². The van der Waals surface area contributed by atoms with E-state index in [0.29, 0.717) is 5.75 Å². The maximum atomic E-state index is 14.1. The molecule has 0 aliphatic heterocycles. The molecule has 0 unspecified atom stereocenters. The smallest absolute Gasteiger partial charge is 0.339 e. The summed E-state index contributed by atoms with van der Waals surface area (Å²) in [5, 5.41) is 10.7. The number of aromatic hydroxyl groups is 1. The van der Waals surface area contributed by atoms with Crippen molar-refractivity contribution in [3.8, 4) is 51.6 Å². The number of ether oxygens (including phenoxy) is 5. The molecule has 234 valence electrons. The van der Waals surface area contributed by atoms with Crippen molar-refractivity contribution < 1.29 is 45.8 Å². The minimum atomic E-state index is -4.56. The molecule has 0 spiro atoms. The predicted molar refractivity (Wildman–Crippen MR) is 166 cm³/mol. The lowest BCUT2D eigenvalue weighted by Crippen LogP contribution is -2.17. The van der Waals surface area contributed by atoms with Gasteiger partial charge in [-0.15, -0.1) is 0 Å². The van der Waals surface area contributed by atoms with Crippen LogP contribution < -0.4 is 33.3 Å². The van der Waals surface area contributed by atoms with Crippen molar-refractivity contribution in [2.75, 3.05) is 28.4 Å². The molecule has 5 rings (SSSR count). The van der Waals surface area contributed by atoms with Crippen molar-refractivity contribution in [3.05, 3.63) is 94.1 Å². The Labute approximate surface area is 259 Å². The standard InChI is InChI=1S/C33H30O11S/c1-19-11-14-22(15-12-19)45(36,37)44-31-27(35)25-26(34)30(39-3)33(41-5)32(40-4)29(25)43-28(31)21-13-16-23(24(17-21)38-2)42-18-20-9-7-6-8-10-20/h6-17,34H,18H2,1-5H3. The summed E-state index contributed by atoms with van der Waals surface area (Å²) >= 11 is 0. The van der Waals surface area contributed by atoms with E-state index in [4.69, 9.17) is 32.3 Å². The zero-order valence-corrected chi connectivity index (χ0v) is 25.9. The molecule has 0 aliphatic rings. The molecule has 1 N–H and O–H groups in total. The fourth-order valence-corrected chi connectivity index (χ4v) is 5.61. The van der Waals surface area contributed by atoms with Crippen LogP contribution in [0.2, 0.25) is 0 Å². The molecule has 4 aromatic carbocycles. The molecule has 1 aromatic heterocycles. The first kappa shape index (κ1) is 31.1. The Morgan fingerprint density at radius 3 is 2.04 bits per heavy atom. The number of rotatable bonds is 11. The lowest BCUT2D eigenvalue weighted by Gasteiger charge is -2.18. The molecule has 0 bridgehead atoms. The zero-order chi connectivity index (χ0) is 32.3. The number of hydrogen-bond acceptors (Lipinski definition) is 11. The fraction of sp³-hybridized carbons (Fsp3) is 0.182. The van der Waals surface area contributed by atoms with Crippen LogP contribution in [0.1, 0.15) is 11.1 Å². The maximum Gasteiger partial charge on any atom is 0.339 e. The van der Waals surface area contributed by atoms with Gasteiger partial charge in [-0.3, -0.25) is 4.79 Å². The third-order valence-corrected chi connectivity index (χ3v) is 8.15. The number of phenols is 1. The van der Waals surface area contributed by atoms with E-state index in [1.165, 1.54) is 46.6 Å². The second-order valence-corrected chi connectivity index (χ2v) is 11.3. The van der Waals surface area contributed by atoms with Gasteiger partial charge in [-0.25, -0.2) is 0 Å². The largest absolute Gasteiger partial charge is 0.504 e. The third kappa shape index (κ3) is 5.92. The van der Waals surface area contributed by atoms with Gasteiger partial charge in [0, 0.05) is 5.56 Å². The molecule has 0 amide bonds. The van der Waals surface area contributed by atoms with Gasteiger partial charge in [0.2, 0.25) is 28.4 Å². The lowest BCUT2D eigenvalue weighted by atomic mass is 10.1. The van der Waals surface area contributed by atoms with Gasteiger partial charge in [0.1, 0.15) is 16.9 Å². The number of fused-ring (bicyclic) bond motifs is 1. The van der Waals surface area contributed by atoms with E-state index < -0.39 is 32.4 Å². The molecule has 0 radical (unpaired) electrons. The van der Waals surface area contributed by atoms with Gasteiger partial charge in [0.25, 0.3) is 0 Å². The molecule has 12 heteroatoms. The average Bonchev–Trinajstić information content (AvgIpc) is 3.05. The summed E-state index contributed by atoms with van der Waals surface area (Å²) in [5.74, 6) is -1.38. The highest BCUT2D eigenvalue weighted by Gasteiger charge is 2.32. The van der Waals surface area contributed by atoms with Crippen LogP contribution in [-0.4, -0.2) is 42.0 Å². The number of phenolic OH excluding ortho intramolecular Hbond substituents is 1. The van der Waals surface area contributed by atoms with Crippen LogP contribution in [0.4, 0.5) is 0 Å². The summed E-state index contributed by atoms with van der Waals surface area (Å²) in [6, 6.07) is 20.0. The minimum absolute atomic E-state index is 0.0534. The molecular weight excluding hydrogens is 604 g/mol. The summed E-state index contributed by atoms with van der Waals surface area (Å²) in [6.45, 7) is 2.05. The molecule has 45 heavy (non-hydrogen) atoms. The first-order valence-corrected chi connectivity index (χ1v) is 14.9. The SMILES string of the molecule is COc1cc(-c2oc3c(OC)c(OC)c(OC)c(O)c3c(=O)c2OS(=O)(=O)c2ccc(C)cc2)ccc1OCc1ccccc1. The first-order chi connectivity index (χ1) is 21.6. The molecule has 1 heterocycles. The molecular formula is C33H30O11S. The Bertz CT molecular complexity index is 2020. The molecule has 0 saturated carbocycles. The van der Waals surface area contributed by atoms with Crippen LogP contribution in [0.25, 0.3) is 22.3 Å². The Morgan fingerprint density at radius 2 is 1.42 bits per heavy atom. The number of aryl methyl sites for hydroxylation is 1. The highest BCUT2D eigenvalue weighted by molar-refractivity contribution is 7.87. The van der Waals surface area contributed by atoms with Crippen LogP contribution in [0.3, 0.4) is 0 Å². The monoisotopic (exact) mass is 634 g/mol. The van der Waals surface area contributed by atoms with Gasteiger partial charge in [-0.05, 0) is 42.8 Å². The Hall–Kier alpha value is -5.36. The Balaban J connectivity index is 1.74. The molecule has 0 fully saturated rings. The summed E-state index contributed by atoms with van der Waals surface area (Å²) in [6.07, 6.45) is 0. The van der Waals surface area contributed by atoms with Crippen molar-refractivity contribution in [3.63, 3.8) is 0 Å². The topological polar surface area (TPSA) is 140 Å². The van der Waals surface area contributed by atoms with Crippen molar-refractivity contribution in [2.24, 2.45) is 0 Å². The molecule has 5 aromatic rings. The van der Waals surface area contributed by atoms with E-state index in [1.54, 1.807) is 31.2 Å². The molecule has 0 aliphatic carbocycles. The van der Waals surface area contributed by atoms with E-state index in [-0.39, 0.29) is 51.4 Å². The van der Waals surface area contributed by atoms with E-state index in [1.807, 2.05) is 30.3 Å². The summed E-state index contributed by atoms with van der Waals surface area (Å²) in [7, 11) is 0.754. The number of hydrogen-bond donors (Lipinski definition) is 1. The van der Waals surface area contributed by atoms with Gasteiger partial charge < -0.3 is 37.4 Å². The van der Waals surface area contributed by atoms with Crippen LogP contribution in [0.5, 0.6) is 40.2 Å². The second-order valence-electron chi connectivity index (χ2n) is 9.73. The summed E-state index contributed by atoms with van der Waals surface area (Å²) < 4.78 is 66.2. The normalized spacial score (nSPS) is 11.2. The van der Waals surface area contributed by atoms with Crippen LogP contribution >= 0.6 is 0 Å². The predicted octanol–water partition coefficient (Wildman–Crippen LogP) is 5.86. The maximum absolute atomic E-state index is 14.1. The molecule has 0 atom stereocenters. The van der Waals surface area contributed by atoms with Crippen molar-refractivity contribution in [1.82, 2.24) is 0 Å². The van der Waals surface area contributed by atoms with Crippen LogP contribution in [0.15, 0.2) is 86.9 Å². The minimum Gasteiger partial charge on any atom is -0.504 e. The van der Waals surface area contributed by atoms with Crippen molar-refractivity contribution >= 4 is 21.1 Å². The van der Waals surface area contributed by atoms with Gasteiger partial charge in [-0.2, -0.15) is 8.42 Å². The van der Waals surface area contributed by atoms with Gasteiger partial charge >= 0.3 is 10.1 Å². The number of methoxy groups -OCH3 is 4. The zero-order valence-electron chi connectivity index (χ0n) is 25.1. The quantitative estimate of drug-likeness (QED) is 0.175. The van der Waals surface area contributed by atoms with E-state index >= 15 is 0 Å². The summed E-state index contributed by atoms with van der Waals surface area (Å²) in [5.41, 5.74) is 0.693. The van der Waals surface area contributed by atoms with Crippen LogP contribution in [-0.2, 0) is 16.7 Å². The Kier molecular flexibility index (Phi) is 8.77. The molecule has 0 saturated heterocycles. The highest BCUT2D eigenvalue weighted by Crippen LogP contribution is 2.51. The van der Waals surface area contributed by atoms with E-state index in [9.17, 15) is 18.3 Å². The van der Waals surface area contributed by atoms with Crippen molar-refractivity contribution in [1.29, 1.82) is 0 Å². The van der Waals surface area contributed by atoms with Crippen LogP contribution in [0, 0.1) is 6.92 Å². The Morgan fingerprint density at radius 1 is 0.756 bits per heavy atom. The lowest BCUT2D eigenvalue weighted by molar-refractivity contribution is 0.284. The fourth-order valence-electron chi connectivity index (χ4n) is 4.67. The average molecular weight is 635 g/mol. The summed E-state index contributed by atoms with van der Waals surface area (Å²) in [4.78, 5) is 13.9. The second kappa shape index (κ2) is 12.7. The number of benzene rings is 4. The van der Waals surface area contributed by atoms with Crippen molar-refractivity contribution in [2.45, 2.75) is 18.4 Å². The van der Waals surface area contributed by atoms with Gasteiger partial charge in [0.05, 0.1) is 28.4 Å². The van der Waals surface area contributed by atoms with E-state index in [2.05, 4.69) is 0 Å². The third-order valence-electron chi connectivity index (χ3n) is 6.92. The highest BCUT2D eigenvalue weighted by atomic mass is 32.2. The van der Waals surface area contributed by atoms with Gasteiger partial charge in [-0.1, -0.05) is 48.0 Å².